The quantitative estimate of drug-likeness (QED) is 0.793. The maximum atomic E-state index is 13.1. The Labute approximate surface area is 154 Å². The first-order valence-corrected chi connectivity index (χ1v) is 8.27. The molecule has 0 radical (unpaired) electrons. The second-order valence-electron chi connectivity index (χ2n) is 5.91. The van der Waals surface area contributed by atoms with E-state index in [1.807, 2.05) is 0 Å². The lowest BCUT2D eigenvalue weighted by molar-refractivity contribution is -0.0512. The number of rotatable bonds is 5. The summed E-state index contributed by atoms with van der Waals surface area (Å²) in [5.74, 6) is -0.729. The summed E-state index contributed by atoms with van der Waals surface area (Å²) < 4.78 is 53.0. The zero-order valence-electron chi connectivity index (χ0n) is 14.5. The highest BCUT2D eigenvalue weighted by atomic mass is 19.3. The van der Waals surface area contributed by atoms with Crippen molar-refractivity contribution < 1.29 is 32.2 Å². The molecule has 0 spiro atoms. The van der Waals surface area contributed by atoms with Gasteiger partial charge in [0.25, 0.3) is 5.91 Å². The highest BCUT2D eigenvalue weighted by molar-refractivity contribution is 5.95. The maximum Gasteiger partial charge on any atom is 0.387 e. The van der Waals surface area contributed by atoms with Gasteiger partial charge >= 0.3 is 6.61 Å². The summed E-state index contributed by atoms with van der Waals surface area (Å²) >= 11 is 0. The average Bonchev–Trinajstić information content (AvgIpc) is 2.68. The van der Waals surface area contributed by atoms with Crippen molar-refractivity contribution in [3.8, 4) is 11.5 Å². The Bertz CT molecular complexity index is 798. The predicted octanol–water partition coefficient (Wildman–Crippen LogP) is 3.65. The molecule has 1 amide bonds. The minimum atomic E-state index is -2.99. The monoisotopic (exact) mass is 381 g/mol. The van der Waals surface area contributed by atoms with Crippen LogP contribution in [0.2, 0.25) is 0 Å². The van der Waals surface area contributed by atoms with Crippen LogP contribution < -0.4 is 9.47 Å². The van der Waals surface area contributed by atoms with Crippen molar-refractivity contribution in [2.75, 3.05) is 26.8 Å². The predicted molar refractivity (Wildman–Crippen MR) is 90.6 cm³/mol. The molecule has 2 aromatic carbocycles. The maximum absolute atomic E-state index is 13.1. The van der Waals surface area contributed by atoms with Crippen LogP contribution in [0.25, 0.3) is 0 Å². The Hall–Kier alpha value is -2.74. The third-order valence-electron chi connectivity index (χ3n) is 4.22. The molecule has 1 fully saturated rings. The van der Waals surface area contributed by atoms with E-state index < -0.39 is 6.61 Å². The highest BCUT2D eigenvalue weighted by Crippen LogP contribution is 2.31. The molecule has 0 aliphatic carbocycles. The number of hydrogen-bond donors (Lipinski definition) is 0. The fourth-order valence-electron chi connectivity index (χ4n) is 2.89. The molecule has 0 bridgehead atoms. The number of amides is 1. The van der Waals surface area contributed by atoms with Crippen LogP contribution in [0.4, 0.5) is 13.2 Å². The number of ether oxygens (including phenoxy) is 3. The second-order valence-corrected chi connectivity index (χ2v) is 5.91. The molecule has 1 unspecified atom stereocenters. The number of carbonyl (C=O) groups is 1. The first-order chi connectivity index (χ1) is 13.0. The summed E-state index contributed by atoms with van der Waals surface area (Å²) in [5.41, 5.74) is 1.06. The topological polar surface area (TPSA) is 48.0 Å². The van der Waals surface area contributed by atoms with Gasteiger partial charge in [0.15, 0.2) is 11.5 Å². The van der Waals surface area contributed by atoms with Crippen LogP contribution in [0.15, 0.2) is 42.5 Å². The van der Waals surface area contributed by atoms with Crippen molar-refractivity contribution in [1.29, 1.82) is 0 Å². The van der Waals surface area contributed by atoms with Gasteiger partial charge in [0.1, 0.15) is 11.9 Å². The zero-order valence-corrected chi connectivity index (χ0v) is 14.5. The molecule has 0 saturated carbocycles. The lowest BCUT2D eigenvalue weighted by atomic mass is 10.1. The average molecular weight is 381 g/mol. The Balaban J connectivity index is 1.75. The second kappa shape index (κ2) is 8.30. The first kappa shape index (κ1) is 19.0. The Kier molecular flexibility index (Phi) is 5.85. The number of benzene rings is 2. The SMILES string of the molecule is COc1cc(C(=O)N2CCOC(c3ccc(F)cc3)C2)ccc1OC(F)F. The standard InChI is InChI=1S/C19H18F3NO4/c1-25-16-10-13(4-7-15(16)27-19(21)22)18(24)23-8-9-26-17(11-23)12-2-5-14(20)6-3-12/h2-7,10,17,19H,8-9,11H2,1H3. The number of hydrogen-bond acceptors (Lipinski definition) is 4. The first-order valence-electron chi connectivity index (χ1n) is 8.27. The highest BCUT2D eigenvalue weighted by Gasteiger charge is 2.27. The summed E-state index contributed by atoms with van der Waals surface area (Å²) in [4.78, 5) is 14.4. The molecule has 1 heterocycles. The molecule has 27 heavy (non-hydrogen) atoms. The van der Waals surface area contributed by atoms with Crippen molar-refractivity contribution in [3.05, 3.63) is 59.4 Å². The van der Waals surface area contributed by atoms with E-state index in [1.54, 1.807) is 17.0 Å². The molecule has 144 valence electrons. The molecule has 0 N–H and O–H groups in total. The van der Waals surface area contributed by atoms with Gasteiger partial charge < -0.3 is 19.1 Å². The molecule has 5 nitrogen and oxygen atoms in total. The van der Waals surface area contributed by atoms with Gasteiger partial charge in [-0.2, -0.15) is 8.78 Å². The molecular formula is C19H18F3NO4. The van der Waals surface area contributed by atoms with Gasteiger partial charge in [-0.3, -0.25) is 4.79 Å². The minimum Gasteiger partial charge on any atom is -0.493 e. The van der Waals surface area contributed by atoms with E-state index >= 15 is 0 Å². The van der Waals surface area contributed by atoms with Gasteiger partial charge in [0, 0.05) is 12.1 Å². The van der Waals surface area contributed by atoms with Gasteiger partial charge in [0.2, 0.25) is 0 Å². The lowest BCUT2D eigenvalue weighted by Crippen LogP contribution is -2.42. The fourth-order valence-corrected chi connectivity index (χ4v) is 2.89. The molecular weight excluding hydrogens is 363 g/mol. The number of alkyl halides is 2. The largest absolute Gasteiger partial charge is 0.493 e. The summed E-state index contributed by atoms with van der Waals surface area (Å²) in [5, 5.41) is 0. The number of halogens is 3. The van der Waals surface area contributed by atoms with Crippen molar-refractivity contribution in [3.63, 3.8) is 0 Å². The Morgan fingerprint density at radius 1 is 1.19 bits per heavy atom. The molecule has 3 rings (SSSR count). The van der Waals surface area contributed by atoms with Gasteiger partial charge in [-0.05, 0) is 35.9 Å². The van der Waals surface area contributed by atoms with Gasteiger partial charge in [-0.15, -0.1) is 0 Å². The Morgan fingerprint density at radius 3 is 2.59 bits per heavy atom. The number of nitrogens with zero attached hydrogens (tertiary/aromatic N) is 1. The van der Waals surface area contributed by atoms with Crippen LogP contribution in [0, 0.1) is 5.82 Å². The van der Waals surface area contributed by atoms with Gasteiger partial charge in [-0.25, -0.2) is 4.39 Å². The molecule has 8 heteroatoms. The molecule has 1 atom stereocenters. The molecule has 2 aromatic rings. The van der Waals surface area contributed by atoms with Crippen LogP contribution >= 0.6 is 0 Å². The minimum absolute atomic E-state index is 0.0458. The summed E-state index contributed by atoms with van der Waals surface area (Å²) in [6.45, 7) is -1.98. The third-order valence-corrected chi connectivity index (χ3v) is 4.22. The van der Waals surface area contributed by atoms with Crippen LogP contribution in [0.5, 0.6) is 11.5 Å². The van der Waals surface area contributed by atoms with E-state index in [0.717, 1.165) is 5.56 Å². The molecule has 1 aliphatic heterocycles. The molecule has 1 aliphatic rings. The molecule has 0 aromatic heterocycles. The zero-order chi connectivity index (χ0) is 19.4. The van der Waals surface area contributed by atoms with Gasteiger partial charge in [0.05, 0.1) is 20.3 Å². The van der Waals surface area contributed by atoms with E-state index in [4.69, 9.17) is 9.47 Å². The van der Waals surface area contributed by atoms with E-state index in [9.17, 15) is 18.0 Å². The van der Waals surface area contributed by atoms with Crippen LogP contribution in [0.3, 0.4) is 0 Å². The summed E-state index contributed by atoms with van der Waals surface area (Å²) in [6.07, 6.45) is -0.369. The van der Waals surface area contributed by atoms with E-state index in [-0.39, 0.29) is 34.9 Å². The normalized spacial score (nSPS) is 17.1. The van der Waals surface area contributed by atoms with Crippen LogP contribution in [-0.4, -0.2) is 44.2 Å². The van der Waals surface area contributed by atoms with Crippen molar-refractivity contribution in [1.82, 2.24) is 4.90 Å². The number of carbonyl (C=O) groups excluding carboxylic acids is 1. The van der Waals surface area contributed by atoms with Crippen molar-refractivity contribution in [2.45, 2.75) is 12.7 Å². The smallest absolute Gasteiger partial charge is 0.387 e. The van der Waals surface area contributed by atoms with Crippen molar-refractivity contribution in [2.24, 2.45) is 0 Å². The lowest BCUT2D eigenvalue weighted by Gasteiger charge is -2.33. The number of methoxy groups -OCH3 is 1. The number of morpholine rings is 1. The summed E-state index contributed by atoms with van der Waals surface area (Å²) in [7, 11) is 1.31. The Morgan fingerprint density at radius 2 is 1.93 bits per heavy atom. The van der Waals surface area contributed by atoms with E-state index in [2.05, 4.69) is 4.74 Å². The van der Waals surface area contributed by atoms with Gasteiger partial charge in [-0.1, -0.05) is 12.1 Å². The van der Waals surface area contributed by atoms with Crippen LogP contribution in [-0.2, 0) is 4.74 Å². The van der Waals surface area contributed by atoms with Crippen molar-refractivity contribution >= 4 is 5.91 Å². The van der Waals surface area contributed by atoms with Crippen LogP contribution in [0.1, 0.15) is 22.0 Å². The third kappa shape index (κ3) is 4.51. The molecule has 1 saturated heterocycles. The fraction of sp³-hybridized carbons (Fsp3) is 0.316. The van der Waals surface area contributed by atoms with E-state index in [0.29, 0.717) is 19.7 Å². The van der Waals surface area contributed by atoms with E-state index in [1.165, 1.54) is 37.4 Å². The summed E-state index contributed by atoms with van der Waals surface area (Å²) in [6, 6.07) is 9.96.